The van der Waals surface area contributed by atoms with Crippen LogP contribution in [0.25, 0.3) is 0 Å². The first kappa shape index (κ1) is 26.3. The Morgan fingerprint density at radius 3 is 2.43 bits per heavy atom. The Balaban J connectivity index is 1.55. The van der Waals surface area contributed by atoms with Crippen LogP contribution in [-0.2, 0) is 16.2 Å². The minimum Gasteiger partial charge on any atom is -0.490 e. The second kappa shape index (κ2) is 13.0. The molecule has 35 heavy (non-hydrogen) atoms. The second-order valence-corrected chi connectivity index (χ2v) is 8.39. The molecule has 0 saturated carbocycles. The van der Waals surface area contributed by atoms with Crippen LogP contribution in [-0.4, -0.2) is 24.6 Å². The summed E-state index contributed by atoms with van der Waals surface area (Å²) in [5, 5.41) is 7.76. The predicted molar refractivity (Wildman–Crippen MR) is 139 cm³/mol. The maximum absolute atomic E-state index is 12.1. The fourth-order valence-corrected chi connectivity index (χ4v) is 3.40. The molecule has 0 aliphatic heterocycles. The van der Waals surface area contributed by atoms with E-state index in [1.54, 1.807) is 36.4 Å². The summed E-state index contributed by atoms with van der Waals surface area (Å²) in [6.07, 6.45) is 1.02. The van der Waals surface area contributed by atoms with Crippen LogP contribution in [0.15, 0.2) is 65.8 Å². The lowest BCUT2D eigenvalue weighted by molar-refractivity contribution is -0.126. The van der Waals surface area contributed by atoms with Crippen molar-refractivity contribution in [1.82, 2.24) is 5.43 Å². The number of carbonyl (C=O) groups is 2. The predicted octanol–water partition coefficient (Wildman–Crippen LogP) is 6.10. The Labute approximate surface area is 218 Å². The first-order valence-electron chi connectivity index (χ1n) is 10.6. The van der Waals surface area contributed by atoms with Crippen LogP contribution in [0.4, 0.5) is 5.69 Å². The minimum absolute atomic E-state index is 0.285. The van der Waals surface area contributed by atoms with E-state index in [0.717, 1.165) is 5.56 Å². The van der Waals surface area contributed by atoms with Gasteiger partial charge in [0, 0.05) is 16.3 Å². The van der Waals surface area contributed by atoms with Crippen molar-refractivity contribution in [3.05, 3.63) is 86.9 Å². The molecule has 0 spiro atoms. The molecule has 0 bridgehead atoms. The third-order valence-electron chi connectivity index (χ3n) is 4.54. The van der Waals surface area contributed by atoms with Gasteiger partial charge < -0.3 is 14.8 Å². The number of nitrogens with zero attached hydrogens (tertiary/aromatic N) is 1. The number of anilines is 1. The van der Waals surface area contributed by atoms with Gasteiger partial charge in [-0.15, -0.1) is 0 Å². The summed E-state index contributed by atoms with van der Waals surface area (Å²) >= 11 is 18.0. The maximum Gasteiger partial charge on any atom is 0.249 e. The van der Waals surface area contributed by atoms with Crippen molar-refractivity contribution in [3.63, 3.8) is 0 Å². The zero-order valence-corrected chi connectivity index (χ0v) is 21.0. The molecule has 182 valence electrons. The molecule has 2 N–H and O–H groups in total. The molecule has 3 aromatic rings. The summed E-state index contributed by atoms with van der Waals surface area (Å²) in [6, 6.07) is 17.3. The van der Waals surface area contributed by atoms with E-state index >= 15 is 0 Å². The van der Waals surface area contributed by atoms with E-state index in [1.165, 1.54) is 12.3 Å². The van der Waals surface area contributed by atoms with Crippen molar-refractivity contribution in [2.45, 2.75) is 20.0 Å². The zero-order chi connectivity index (χ0) is 25.2. The number of halogens is 3. The normalized spacial score (nSPS) is 10.7. The second-order valence-electron chi connectivity index (χ2n) is 7.17. The van der Waals surface area contributed by atoms with Gasteiger partial charge in [0.2, 0.25) is 11.8 Å². The first-order valence-corrected chi connectivity index (χ1v) is 11.7. The highest BCUT2D eigenvalue weighted by molar-refractivity contribution is 6.42. The fraction of sp³-hybridized carbons (Fsp3) is 0.160. The molecule has 0 heterocycles. The summed E-state index contributed by atoms with van der Waals surface area (Å²) in [5.74, 6) is -0.0268. The van der Waals surface area contributed by atoms with E-state index < -0.39 is 18.2 Å². The lowest BCUT2D eigenvalue weighted by Crippen LogP contribution is -2.24. The third-order valence-corrected chi connectivity index (χ3v) is 5.64. The highest BCUT2D eigenvalue weighted by atomic mass is 35.5. The number of hydrazone groups is 1. The van der Waals surface area contributed by atoms with E-state index in [4.69, 9.17) is 44.3 Å². The molecule has 0 aliphatic rings. The highest BCUT2D eigenvalue weighted by Crippen LogP contribution is 2.30. The number of rotatable bonds is 10. The molecule has 2 amide bonds. The average molecular weight is 535 g/mol. The Kier molecular flexibility index (Phi) is 9.78. The number of ether oxygens (including phenoxy) is 2. The van der Waals surface area contributed by atoms with Gasteiger partial charge in [0.15, 0.2) is 11.5 Å². The fourth-order valence-electron chi connectivity index (χ4n) is 2.91. The van der Waals surface area contributed by atoms with Gasteiger partial charge in [-0.1, -0.05) is 53.0 Å². The molecular formula is C25H22Cl3N3O4. The standard InChI is InChI=1S/C25H22Cl3N3O4/c1-2-34-23-11-16(7-10-22(23)35-15-17-5-3-4-6-19(17)26)14-29-31-25(33)13-24(32)30-18-8-9-20(27)21(28)12-18/h3-12,14H,2,13,15H2,1H3,(H,30,32)(H,31,33). The van der Waals surface area contributed by atoms with E-state index in [0.29, 0.717) is 44.4 Å². The van der Waals surface area contributed by atoms with Crippen molar-refractivity contribution in [2.75, 3.05) is 11.9 Å². The number of amides is 2. The molecular weight excluding hydrogens is 513 g/mol. The van der Waals surface area contributed by atoms with Crippen LogP contribution in [0.1, 0.15) is 24.5 Å². The summed E-state index contributed by atoms with van der Waals surface area (Å²) in [4.78, 5) is 24.1. The number of hydrogen-bond donors (Lipinski definition) is 2. The Morgan fingerprint density at radius 1 is 0.886 bits per heavy atom. The molecule has 0 atom stereocenters. The average Bonchev–Trinajstić information content (AvgIpc) is 2.82. The Hall–Kier alpha value is -3.26. The van der Waals surface area contributed by atoms with Crippen LogP contribution < -0.4 is 20.2 Å². The highest BCUT2D eigenvalue weighted by Gasteiger charge is 2.11. The number of hydrogen-bond acceptors (Lipinski definition) is 5. The van der Waals surface area contributed by atoms with Crippen LogP contribution in [0.2, 0.25) is 15.1 Å². The van der Waals surface area contributed by atoms with Crippen LogP contribution >= 0.6 is 34.8 Å². The van der Waals surface area contributed by atoms with E-state index in [9.17, 15) is 9.59 Å². The maximum atomic E-state index is 12.1. The van der Waals surface area contributed by atoms with Gasteiger partial charge in [0.25, 0.3) is 0 Å². The monoisotopic (exact) mass is 533 g/mol. The molecule has 3 aromatic carbocycles. The molecule has 0 fully saturated rings. The third kappa shape index (κ3) is 8.17. The smallest absolute Gasteiger partial charge is 0.249 e. The SMILES string of the molecule is CCOc1cc(C=NNC(=O)CC(=O)Nc2ccc(Cl)c(Cl)c2)ccc1OCc1ccccc1Cl. The summed E-state index contributed by atoms with van der Waals surface area (Å²) < 4.78 is 11.5. The molecule has 0 unspecified atom stereocenters. The first-order chi connectivity index (χ1) is 16.9. The van der Waals surface area contributed by atoms with Gasteiger partial charge in [-0.2, -0.15) is 5.10 Å². The lowest BCUT2D eigenvalue weighted by atomic mass is 10.2. The largest absolute Gasteiger partial charge is 0.490 e. The van der Waals surface area contributed by atoms with Gasteiger partial charge in [-0.25, -0.2) is 5.43 Å². The van der Waals surface area contributed by atoms with Crippen molar-refractivity contribution in [3.8, 4) is 11.5 Å². The number of benzene rings is 3. The number of carbonyl (C=O) groups excluding carboxylic acids is 2. The molecule has 10 heteroatoms. The summed E-state index contributed by atoms with van der Waals surface area (Å²) in [5.41, 5.74) is 4.28. The quantitative estimate of drug-likeness (QED) is 0.187. The van der Waals surface area contributed by atoms with E-state index in [-0.39, 0.29) is 6.61 Å². The molecule has 0 aliphatic carbocycles. The van der Waals surface area contributed by atoms with Gasteiger partial charge in [-0.05, 0) is 55.0 Å². The molecule has 3 rings (SSSR count). The lowest BCUT2D eigenvalue weighted by Gasteiger charge is -2.13. The number of nitrogens with one attached hydrogen (secondary N) is 2. The van der Waals surface area contributed by atoms with Crippen LogP contribution in [0.3, 0.4) is 0 Å². The van der Waals surface area contributed by atoms with Crippen LogP contribution in [0.5, 0.6) is 11.5 Å². The van der Waals surface area contributed by atoms with E-state index in [2.05, 4.69) is 15.8 Å². The Morgan fingerprint density at radius 2 is 1.69 bits per heavy atom. The van der Waals surface area contributed by atoms with Gasteiger partial charge in [0.05, 0.1) is 22.9 Å². The van der Waals surface area contributed by atoms with Gasteiger partial charge in [0.1, 0.15) is 13.0 Å². The van der Waals surface area contributed by atoms with Crippen molar-refractivity contribution < 1.29 is 19.1 Å². The van der Waals surface area contributed by atoms with Crippen LogP contribution in [0, 0.1) is 0 Å². The Bertz CT molecular complexity index is 1230. The van der Waals surface area contributed by atoms with Crippen molar-refractivity contribution in [2.24, 2.45) is 5.10 Å². The van der Waals surface area contributed by atoms with Crippen molar-refractivity contribution >= 4 is 58.5 Å². The molecule has 0 saturated heterocycles. The zero-order valence-electron chi connectivity index (χ0n) is 18.7. The van der Waals surface area contributed by atoms with Gasteiger partial charge >= 0.3 is 0 Å². The molecule has 0 radical (unpaired) electrons. The molecule has 7 nitrogen and oxygen atoms in total. The van der Waals surface area contributed by atoms with Gasteiger partial charge in [-0.3, -0.25) is 9.59 Å². The summed E-state index contributed by atoms with van der Waals surface area (Å²) in [6.45, 7) is 2.59. The summed E-state index contributed by atoms with van der Waals surface area (Å²) in [7, 11) is 0. The van der Waals surface area contributed by atoms with Crippen molar-refractivity contribution in [1.29, 1.82) is 0 Å². The van der Waals surface area contributed by atoms with E-state index in [1.807, 2.05) is 25.1 Å². The molecule has 0 aromatic heterocycles. The minimum atomic E-state index is -0.580. The topological polar surface area (TPSA) is 89.0 Å².